The summed E-state index contributed by atoms with van der Waals surface area (Å²) in [5, 5.41) is 9.66. The zero-order valence-electron chi connectivity index (χ0n) is 9.20. The lowest BCUT2D eigenvalue weighted by Gasteiger charge is -2.03. The molecule has 17 heavy (non-hydrogen) atoms. The van der Waals surface area contributed by atoms with Gasteiger partial charge in [-0.15, -0.1) is 11.3 Å². The molecule has 0 aliphatic heterocycles. The monoisotopic (exact) mass is 307 g/mol. The van der Waals surface area contributed by atoms with Crippen LogP contribution in [0.4, 0.5) is 5.13 Å². The van der Waals surface area contributed by atoms with E-state index in [0.717, 1.165) is 20.6 Å². The molecule has 0 spiro atoms. The number of hydrogen-bond acceptors (Lipinski definition) is 4. The molecule has 0 unspecified atom stereocenters. The number of anilines is 1. The third kappa shape index (κ3) is 2.65. The summed E-state index contributed by atoms with van der Waals surface area (Å²) in [4.78, 5) is 5.30. The van der Waals surface area contributed by atoms with Crippen LogP contribution in [0.5, 0.6) is 0 Å². The van der Waals surface area contributed by atoms with E-state index in [2.05, 4.69) is 27.0 Å². The smallest absolute Gasteiger partial charge is 0.180 e. The van der Waals surface area contributed by atoms with Crippen molar-refractivity contribution in [3.05, 3.63) is 44.4 Å². The quantitative estimate of drug-likeness (QED) is 0.926. The Morgan fingerprint density at radius 2 is 2.29 bits per heavy atom. The Balaban J connectivity index is 2.37. The van der Waals surface area contributed by atoms with Crippen molar-refractivity contribution in [3.8, 4) is 6.07 Å². The lowest BCUT2D eigenvalue weighted by molar-refractivity contribution is 1.14. The molecule has 1 aromatic heterocycles. The van der Waals surface area contributed by atoms with Crippen molar-refractivity contribution in [2.75, 3.05) is 5.73 Å². The third-order valence-electron chi connectivity index (χ3n) is 2.45. The number of benzene rings is 1. The van der Waals surface area contributed by atoms with Gasteiger partial charge in [0.05, 0.1) is 17.3 Å². The van der Waals surface area contributed by atoms with Crippen LogP contribution in [0.15, 0.2) is 22.7 Å². The van der Waals surface area contributed by atoms with Crippen molar-refractivity contribution in [2.45, 2.75) is 13.3 Å². The Labute approximate surface area is 112 Å². The van der Waals surface area contributed by atoms with Gasteiger partial charge in [-0.2, -0.15) is 5.26 Å². The topological polar surface area (TPSA) is 62.7 Å². The van der Waals surface area contributed by atoms with Crippen molar-refractivity contribution in [1.29, 1.82) is 5.26 Å². The molecule has 0 radical (unpaired) electrons. The molecule has 0 aliphatic rings. The zero-order chi connectivity index (χ0) is 12.4. The van der Waals surface area contributed by atoms with Gasteiger partial charge in [-0.05, 0) is 24.6 Å². The van der Waals surface area contributed by atoms with Gasteiger partial charge < -0.3 is 5.73 Å². The van der Waals surface area contributed by atoms with Crippen LogP contribution >= 0.6 is 27.3 Å². The van der Waals surface area contributed by atoms with Crippen molar-refractivity contribution >= 4 is 32.4 Å². The molecule has 2 N–H and O–H groups in total. The Kier molecular flexibility index (Phi) is 3.46. The molecule has 0 aliphatic carbocycles. The Hall–Kier alpha value is -1.38. The predicted octanol–water partition coefficient (Wildman–Crippen LogP) is 3.26. The first-order chi connectivity index (χ1) is 8.10. The van der Waals surface area contributed by atoms with Crippen LogP contribution in [-0.4, -0.2) is 4.98 Å². The second-order valence-corrected chi connectivity index (χ2v) is 5.68. The summed E-state index contributed by atoms with van der Waals surface area (Å²) in [6.45, 7) is 1.94. The van der Waals surface area contributed by atoms with Crippen LogP contribution < -0.4 is 5.73 Å². The van der Waals surface area contributed by atoms with E-state index in [1.165, 1.54) is 11.3 Å². The summed E-state index contributed by atoms with van der Waals surface area (Å²) < 4.78 is 0.915. The van der Waals surface area contributed by atoms with Crippen LogP contribution in [0.25, 0.3) is 0 Å². The number of rotatable bonds is 2. The molecule has 86 valence electrons. The van der Waals surface area contributed by atoms with E-state index in [4.69, 9.17) is 11.0 Å². The van der Waals surface area contributed by atoms with E-state index in [9.17, 15) is 0 Å². The fourth-order valence-electron chi connectivity index (χ4n) is 1.59. The van der Waals surface area contributed by atoms with E-state index in [-0.39, 0.29) is 0 Å². The maximum absolute atomic E-state index is 9.09. The molecule has 0 fully saturated rings. The fourth-order valence-corrected chi connectivity index (χ4v) is 2.81. The summed E-state index contributed by atoms with van der Waals surface area (Å²) in [5.74, 6) is 0. The number of thiazole rings is 1. The van der Waals surface area contributed by atoms with Crippen molar-refractivity contribution in [1.82, 2.24) is 4.98 Å². The number of nitrogen functional groups attached to an aromatic ring is 1. The SMILES string of the molecule is Cc1nc(N)sc1Cc1ccc(Br)cc1C#N. The minimum Gasteiger partial charge on any atom is -0.375 e. The van der Waals surface area contributed by atoms with E-state index in [1.807, 2.05) is 25.1 Å². The van der Waals surface area contributed by atoms with Gasteiger partial charge in [-0.3, -0.25) is 0 Å². The summed E-state index contributed by atoms with van der Waals surface area (Å²) in [7, 11) is 0. The van der Waals surface area contributed by atoms with Gasteiger partial charge in [0.1, 0.15) is 0 Å². The Morgan fingerprint density at radius 3 is 2.88 bits per heavy atom. The number of nitriles is 1. The largest absolute Gasteiger partial charge is 0.375 e. The van der Waals surface area contributed by atoms with Crippen molar-refractivity contribution < 1.29 is 0 Å². The number of aromatic nitrogens is 1. The molecule has 0 bridgehead atoms. The maximum Gasteiger partial charge on any atom is 0.180 e. The highest BCUT2D eigenvalue weighted by Gasteiger charge is 2.09. The fraction of sp³-hybridized carbons (Fsp3) is 0.167. The lowest BCUT2D eigenvalue weighted by Crippen LogP contribution is -1.92. The lowest BCUT2D eigenvalue weighted by atomic mass is 10.0. The molecule has 0 atom stereocenters. The molecular weight excluding hydrogens is 298 g/mol. The molecule has 1 aromatic carbocycles. The molecule has 1 heterocycles. The van der Waals surface area contributed by atoms with E-state index in [1.54, 1.807) is 0 Å². The van der Waals surface area contributed by atoms with Crippen molar-refractivity contribution in [3.63, 3.8) is 0 Å². The van der Waals surface area contributed by atoms with Gasteiger partial charge in [0.15, 0.2) is 5.13 Å². The second kappa shape index (κ2) is 4.86. The molecule has 5 heteroatoms. The molecule has 2 aromatic rings. The summed E-state index contributed by atoms with van der Waals surface area (Å²) in [5.41, 5.74) is 8.29. The molecule has 2 rings (SSSR count). The normalized spacial score (nSPS) is 10.2. The van der Waals surface area contributed by atoms with E-state index in [0.29, 0.717) is 17.1 Å². The van der Waals surface area contributed by atoms with Gasteiger partial charge in [-0.25, -0.2) is 4.98 Å². The number of halogens is 1. The first kappa shape index (κ1) is 12.1. The average molecular weight is 308 g/mol. The zero-order valence-corrected chi connectivity index (χ0v) is 11.6. The first-order valence-electron chi connectivity index (χ1n) is 5.00. The third-order valence-corrected chi connectivity index (χ3v) is 3.93. The maximum atomic E-state index is 9.09. The molecule has 0 saturated carbocycles. The van der Waals surface area contributed by atoms with Gasteiger partial charge in [-0.1, -0.05) is 22.0 Å². The molecule has 0 amide bonds. The minimum atomic E-state index is 0.577. The van der Waals surface area contributed by atoms with Gasteiger partial charge in [0, 0.05) is 15.8 Å². The standard InChI is InChI=1S/C12H10BrN3S/c1-7-11(17-12(15)16-7)5-8-2-3-10(13)4-9(8)6-14/h2-4H,5H2,1H3,(H2,15,16). The van der Waals surface area contributed by atoms with E-state index < -0.39 is 0 Å². The molecule has 3 nitrogen and oxygen atoms in total. The number of nitrogens with two attached hydrogens (primary N) is 1. The van der Waals surface area contributed by atoms with Gasteiger partial charge >= 0.3 is 0 Å². The Bertz CT molecular complexity index is 598. The van der Waals surface area contributed by atoms with Gasteiger partial charge in [0.25, 0.3) is 0 Å². The number of nitrogens with zero attached hydrogens (tertiary/aromatic N) is 2. The van der Waals surface area contributed by atoms with Crippen LogP contribution in [0.1, 0.15) is 21.7 Å². The average Bonchev–Trinajstić information content (AvgIpc) is 2.60. The highest BCUT2D eigenvalue weighted by atomic mass is 79.9. The predicted molar refractivity (Wildman–Crippen MR) is 72.9 cm³/mol. The molecular formula is C12H10BrN3S. The first-order valence-corrected chi connectivity index (χ1v) is 6.61. The summed E-state index contributed by atoms with van der Waals surface area (Å²) in [6.07, 6.45) is 0.705. The van der Waals surface area contributed by atoms with E-state index >= 15 is 0 Å². The number of hydrogen-bond donors (Lipinski definition) is 1. The highest BCUT2D eigenvalue weighted by Crippen LogP contribution is 2.25. The van der Waals surface area contributed by atoms with Gasteiger partial charge in [0.2, 0.25) is 0 Å². The highest BCUT2D eigenvalue weighted by molar-refractivity contribution is 9.10. The number of aryl methyl sites for hydroxylation is 1. The Morgan fingerprint density at radius 1 is 1.53 bits per heavy atom. The second-order valence-electron chi connectivity index (χ2n) is 3.65. The van der Waals surface area contributed by atoms with Crippen LogP contribution in [0, 0.1) is 18.3 Å². The van der Waals surface area contributed by atoms with Crippen LogP contribution in [0.2, 0.25) is 0 Å². The van der Waals surface area contributed by atoms with Crippen LogP contribution in [-0.2, 0) is 6.42 Å². The summed E-state index contributed by atoms with van der Waals surface area (Å²) in [6, 6.07) is 7.93. The molecule has 0 saturated heterocycles. The van der Waals surface area contributed by atoms with Crippen molar-refractivity contribution in [2.24, 2.45) is 0 Å². The summed E-state index contributed by atoms with van der Waals surface area (Å²) >= 11 is 4.84. The minimum absolute atomic E-state index is 0.577. The van der Waals surface area contributed by atoms with Crippen LogP contribution in [0.3, 0.4) is 0 Å².